The van der Waals surface area contributed by atoms with Crippen molar-refractivity contribution in [3.8, 4) is 33.4 Å². The summed E-state index contributed by atoms with van der Waals surface area (Å²) in [4.78, 5) is 2.38. The number of benzene rings is 8. The Balaban J connectivity index is 1.14. The van der Waals surface area contributed by atoms with Crippen LogP contribution < -0.4 is 4.90 Å². The lowest BCUT2D eigenvalue weighted by molar-refractivity contribution is 0.490. The van der Waals surface area contributed by atoms with E-state index >= 15 is 0 Å². The van der Waals surface area contributed by atoms with Gasteiger partial charge in [0.25, 0.3) is 0 Å². The molecule has 8 aromatic rings. The molecule has 0 radical (unpaired) electrons. The molecule has 0 N–H and O–H groups in total. The first-order chi connectivity index (χ1) is 26.7. The Morgan fingerprint density at radius 3 is 1.56 bits per heavy atom. The van der Waals surface area contributed by atoms with Crippen molar-refractivity contribution in [2.45, 2.75) is 32.1 Å². The van der Waals surface area contributed by atoms with Crippen molar-refractivity contribution >= 4 is 40.0 Å². The van der Waals surface area contributed by atoms with Gasteiger partial charge in [-0.25, -0.2) is 0 Å². The first kappa shape index (κ1) is 33.4. The molecule has 0 fully saturated rings. The maximum atomic E-state index is 2.46. The van der Waals surface area contributed by atoms with E-state index in [0.717, 1.165) is 24.2 Å². The average Bonchev–Trinajstić information content (AvgIpc) is 3.52. The summed E-state index contributed by atoms with van der Waals surface area (Å²) < 4.78 is 0. The lowest BCUT2D eigenvalue weighted by Crippen LogP contribution is -2.23. The highest BCUT2D eigenvalue weighted by atomic mass is 15.1. The molecule has 0 saturated carbocycles. The van der Waals surface area contributed by atoms with Crippen LogP contribution in [0.5, 0.6) is 0 Å². The van der Waals surface area contributed by atoms with Crippen molar-refractivity contribution < 1.29 is 0 Å². The molecule has 0 aromatic heterocycles. The summed E-state index contributed by atoms with van der Waals surface area (Å²) in [5.41, 5.74) is 16.4. The number of hydrogen-bond donors (Lipinski definition) is 0. The number of anilines is 3. The molecule has 8 aromatic carbocycles. The van der Waals surface area contributed by atoms with Gasteiger partial charge in [0.05, 0.1) is 0 Å². The molecule has 1 aliphatic rings. The highest BCUT2D eigenvalue weighted by molar-refractivity contribution is 6.09. The fourth-order valence-electron chi connectivity index (χ4n) is 8.84. The lowest BCUT2D eigenvalue weighted by Gasteiger charge is -2.32. The zero-order valence-corrected chi connectivity index (χ0v) is 30.9. The van der Waals surface area contributed by atoms with Gasteiger partial charge in [0.1, 0.15) is 0 Å². The highest BCUT2D eigenvalue weighted by Gasteiger charge is 2.41. The van der Waals surface area contributed by atoms with E-state index in [1.165, 1.54) is 72.1 Å². The predicted molar refractivity (Wildman–Crippen MR) is 232 cm³/mol. The molecule has 9 rings (SSSR count). The number of rotatable bonds is 9. The van der Waals surface area contributed by atoms with Crippen molar-refractivity contribution in [3.63, 3.8) is 0 Å². The van der Waals surface area contributed by atoms with Crippen LogP contribution in [0.3, 0.4) is 0 Å². The van der Waals surface area contributed by atoms with Gasteiger partial charge in [0.2, 0.25) is 0 Å². The normalized spacial score (nSPS) is 12.9. The van der Waals surface area contributed by atoms with Gasteiger partial charge in [-0.3, -0.25) is 0 Å². The van der Waals surface area contributed by atoms with Gasteiger partial charge >= 0.3 is 0 Å². The molecule has 0 heterocycles. The molecule has 260 valence electrons. The Hall–Kier alpha value is -6.44. The quantitative estimate of drug-likeness (QED) is 0.136. The molecule has 0 amide bonds. The maximum absolute atomic E-state index is 2.46. The Labute approximate surface area is 319 Å². The Morgan fingerprint density at radius 1 is 0.426 bits per heavy atom. The molecule has 0 unspecified atom stereocenters. The Kier molecular flexibility index (Phi) is 8.77. The average molecular weight is 694 g/mol. The number of para-hydroxylation sites is 2. The van der Waals surface area contributed by atoms with Crippen LogP contribution in [0.25, 0.3) is 56.3 Å². The van der Waals surface area contributed by atoms with E-state index in [0.29, 0.717) is 0 Å². The second-order valence-electron chi connectivity index (χ2n) is 14.3. The first-order valence-corrected chi connectivity index (χ1v) is 19.2. The molecular formula is C53H43N. The zero-order valence-electron chi connectivity index (χ0n) is 30.9. The fraction of sp³-hybridized carbons (Fsp3) is 0.0943. The van der Waals surface area contributed by atoms with Gasteiger partial charge < -0.3 is 4.90 Å². The summed E-state index contributed by atoms with van der Waals surface area (Å²) in [5.74, 6) is 0. The van der Waals surface area contributed by atoms with Crippen LogP contribution in [0.4, 0.5) is 17.1 Å². The van der Waals surface area contributed by atoms with Crippen molar-refractivity contribution in [3.05, 3.63) is 210 Å². The molecule has 54 heavy (non-hydrogen) atoms. The summed E-state index contributed by atoms with van der Waals surface area (Å²) >= 11 is 0. The van der Waals surface area contributed by atoms with E-state index in [9.17, 15) is 0 Å². The third-order valence-corrected chi connectivity index (χ3v) is 11.6. The van der Waals surface area contributed by atoms with E-state index in [1.54, 1.807) is 0 Å². The second kappa shape index (κ2) is 14.2. The van der Waals surface area contributed by atoms with E-state index in [2.05, 4.69) is 219 Å². The van der Waals surface area contributed by atoms with Crippen molar-refractivity contribution in [2.24, 2.45) is 0 Å². The van der Waals surface area contributed by atoms with Gasteiger partial charge in [-0.15, -0.1) is 0 Å². The van der Waals surface area contributed by atoms with Crippen LogP contribution in [0.2, 0.25) is 0 Å². The molecule has 0 saturated heterocycles. The molecule has 0 bridgehead atoms. The van der Waals surface area contributed by atoms with Crippen LogP contribution in [0.15, 0.2) is 188 Å². The molecular weight excluding hydrogens is 651 g/mol. The molecule has 0 spiro atoms. The van der Waals surface area contributed by atoms with Gasteiger partial charge in [-0.1, -0.05) is 178 Å². The third kappa shape index (κ3) is 5.74. The monoisotopic (exact) mass is 693 g/mol. The molecule has 1 heteroatoms. The van der Waals surface area contributed by atoms with Crippen LogP contribution in [-0.2, 0) is 5.41 Å². The molecule has 0 atom stereocenters. The Morgan fingerprint density at radius 2 is 0.944 bits per heavy atom. The Bertz CT molecular complexity index is 2560. The summed E-state index contributed by atoms with van der Waals surface area (Å²) in [6, 6.07) is 68.5. The van der Waals surface area contributed by atoms with Gasteiger partial charge in [0, 0.05) is 22.5 Å². The van der Waals surface area contributed by atoms with Crippen LogP contribution in [-0.4, -0.2) is 0 Å². The zero-order chi connectivity index (χ0) is 36.5. The van der Waals surface area contributed by atoms with Crippen molar-refractivity contribution in [1.29, 1.82) is 0 Å². The van der Waals surface area contributed by atoms with E-state index in [-0.39, 0.29) is 5.41 Å². The number of fused-ring (bicyclic) bond motifs is 4. The number of nitrogens with zero attached hydrogens (tertiary/aromatic N) is 1. The van der Waals surface area contributed by atoms with Gasteiger partial charge in [-0.2, -0.15) is 0 Å². The lowest BCUT2D eigenvalue weighted by atomic mass is 9.73. The molecule has 1 nitrogen and oxygen atoms in total. The summed E-state index contributed by atoms with van der Waals surface area (Å²) in [5, 5.41) is 2.54. The third-order valence-electron chi connectivity index (χ3n) is 11.6. The van der Waals surface area contributed by atoms with Crippen molar-refractivity contribution in [1.82, 2.24) is 0 Å². The fourth-order valence-corrected chi connectivity index (χ4v) is 8.84. The standard InChI is InChI=1S/C53H43N/c1-3-53(4-2)50-36-38(29-32-47(50)48-33-31-44(37-51(48)53)54(42-23-13-7-14-24-42)43-25-15-8-16-26-43)28-30-41-22-17-27-49-45(39-18-9-5-10-19-39)34-35-46(52(41)49)40-20-11-6-12-21-40/h5-37H,3-4H2,1-2H3/b30-28+. The van der Waals surface area contributed by atoms with Gasteiger partial charge in [-0.05, 0) is 116 Å². The smallest absolute Gasteiger partial charge is 0.0465 e. The van der Waals surface area contributed by atoms with E-state index < -0.39 is 0 Å². The highest BCUT2D eigenvalue weighted by Crippen LogP contribution is 2.54. The van der Waals surface area contributed by atoms with E-state index in [4.69, 9.17) is 0 Å². The van der Waals surface area contributed by atoms with Crippen LogP contribution in [0.1, 0.15) is 48.9 Å². The first-order valence-electron chi connectivity index (χ1n) is 19.2. The minimum Gasteiger partial charge on any atom is -0.310 e. The summed E-state index contributed by atoms with van der Waals surface area (Å²) in [7, 11) is 0. The predicted octanol–water partition coefficient (Wildman–Crippen LogP) is 14.9. The summed E-state index contributed by atoms with van der Waals surface area (Å²) in [6.07, 6.45) is 6.70. The topological polar surface area (TPSA) is 3.24 Å². The van der Waals surface area contributed by atoms with Crippen LogP contribution in [0, 0.1) is 0 Å². The van der Waals surface area contributed by atoms with Crippen LogP contribution >= 0.6 is 0 Å². The largest absolute Gasteiger partial charge is 0.310 e. The minimum atomic E-state index is -0.0753. The second-order valence-corrected chi connectivity index (χ2v) is 14.3. The van der Waals surface area contributed by atoms with E-state index in [1.807, 2.05) is 0 Å². The van der Waals surface area contributed by atoms with Crippen molar-refractivity contribution in [2.75, 3.05) is 4.90 Å². The SMILES string of the molecule is CCC1(CC)c2cc(/C=C/c3cccc4c(-c5ccccc5)ccc(-c5ccccc5)c34)ccc2-c2ccc(N(c3ccccc3)c3ccccc3)cc21. The number of hydrogen-bond acceptors (Lipinski definition) is 1. The summed E-state index contributed by atoms with van der Waals surface area (Å²) in [6.45, 7) is 4.71. The maximum Gasteiger partial charge on any atom is 0.0465 e. The molecule has 1 aliphatic carbocycles. The van der Waals surface area contributed by atoms with Gasteiger partial charge in [0.15, 0.2) is 0 Å². The minimum absolute atomic E-state index is 0.0753. The molecule has 0 aliphatic heterocycles.